The number of hydrogen-bond donors (Lipinski definition) is 1. The summed E-state index contributed by atoms with van der Waals surface area (Å²) in [6.45, 7) is 0. The summed E-state index contributed by atoms with van der Waals surface area (Å²) in [6, 6.07) is 7.57. The number of aryl methyl sites for hydroxylation is 1. The van der Waals surface area contributed by atoms with Gasteiger partial charge in [0.2, 0.25) is 0 Å². The van der Waals surface area contributed by atoms with Gasteiger partial charge in [0.05, 0.1) is 13.5 Å². The number of carboxylic acids is 1. The van der Waals surface area contributed by atoms with Crippen molar-refractivity contribution in [2.45, 2.75) is 12.8 Å². The molecule has 0 spiro atoms. The van der Waals surface area contributed by atoms with Crippen molar-refractivity contribution in [3.8, 4) is 5.75 Å². The Morgan fingerprint density at radius 1 is 1.35 bits per heavy atom. The van der Waals surface area contributed by atoms with E-state index >= 15 is 0 Å². The summed E-state index contributed by atoms with van der Waals surface area (Å²) in [7, 11) is 1.62. The van der Waals surface area contributed by atoms with E-state index in [0.717, 1.165) is 22.2 Å². The zero-order valence-corrected chi connectivity index (χ0v) is 9.51. The molecule has 0 amide bonds. The predicted molar refractivity (Wildman–Crippen MR) is 64.3 cm³/mol. The maximum atomic E-state index is 10.6. The zero-order chi connectivity index (χ0) is 12.3. The van der Waals surface area contributed by atoms with Gasteiger partial charge in [-0.25, -0.2) is 0 Å². The number of methoxy groups -OCH3 is 1. The van der Waals surface area contributed by atoms with Gasteiger partial charge in [-0.2, -0.15) is 0 Å². The fourth-order valence-electron chi connectivity index (χ4n) is 1.84. The minimum Gasteiger partial charge on any atom is -0.496 e. The molecule has 4 nitrogen and oxygen atoms in total. The van der Waals surface area contributed by atoms with Gasteiger partial charge >= 0.3 is 5.97 Å². The average Bonchev–Trinajstić information content (AvgIpc) is 2.35. The lowest BCUT2D eigenvalue weighted by Gasteiger charge is -2.08. The number of rotatable bonds is 4. The van der Waals surface area contributed by atoms with Crippen molar-refractivity contribution < 1.29 is 14.6 Å². The molecule has 0 aliphatic heterocycles. The monoisotopic (exact) mass is 231 g/mol. The maximum Gasteiger partial charge on any atom is 0.303 e. The number of carboxylic acid groups (broad SMARTS) is 1. The van der Waals surface area contributed by atoms with Gasteiger partial charge < -0.3 is 9.84 Å². The molecule has 88 valence electrons. The average molecular weight is 231 g/mol. The first kappa shape index (κ1) is 11.4. The molecule has 1 aromatic carbocycles. The van der Waals surface area contributed by atoms with E-state index in [-0.39, 0.29) is 6.42 Å². The van der Waals surface area contributed by atoms with E-state index in [2.05, 4.69) is 4.98 Å². The van der Waals surface area contributed by atoms with Crippen LogP contribution in [0.25, 0.3) is 10.8 Å². The van der Waals surface area contributed by atoms with Crippen molar-refractivity contribution in [1.29, 1.82) is 0 Å². The molecule has 0 fully saturated rings. The van der Waals surface area contributed by atoms with Crippen molar-refractivity contribution in [2.75, 3.05) is 7.11 Å². The zero-order valence-electron chi connectivity index (χ0n) is 9.51. The number of hydrogen-bond acceptors (Lipinski definition) is 3. The highest BCUT2D eigenvalue weighted by Crippen LogP contribution is 2.26. The van der Waals surface area contributed by atoms with Crippen molar-refractivity contribution in [2.24, 2.45) is 0 Å². The molecule has 0 radical (unpaired) electrons. The summed E-state index contributed by atoms with van der Waals surface area (Å²) in [5, 5.41) is 10.6. The number of benzene rings is 1. The van der Waals surface area contributed by atoms with Crippen LogP contribution in [0, 0.1) is 0 Å². The minimum atomic E-state index is -0.813. The molecule has 4 heteroatoms. The van der Waals surface area contributed by atoms with Crippen LogP contribution in [0.15, 0.2) is 30.5 Å². The van der Waals surface area contributed by atoms with Gasteiger partial charge in [-0.05, 0) is 12.1 Å². The Hall–Kier alpha value is -2.10. The van der Waals surface area contributed by atoms with Crippen LogP contribution in [-0.4, -0.2) is 23.2 Å². The second-order valence-corrected chi connectivity index (χ2v) is 3.71. The van der Waals surface area contributed by atoms with Crippen LogP contribution in [0.2, 0.25) is 0 Å². The summed E-state index contributed by atoms with van der Waals surface area (Å²) in [6.07, 6.45) is 2.20. The SMILES string of the molecule is COc1cccc2c(CCC(=O)O)nccc12. The minimum absolute atomic E-state index is 0.0866. The summed E-state index contributed by atoms with van der Waals surface area (Å²) in [5.74, 6) is -0.0341. The topological polar surface area (TPSA) is 59.4 Å². The smallest absolute Gasteiger partial charge is 0.303 e. The van der Waals surface area contributed by atoms with Gasteiger partial charge in [-0.3, -0.25) is 9.78 Å². The molecule has 2 aromatic rings. The summed E-state index contributed by atoms with van der Waals surface area (Å²) < 4.78 is 5.26. The van der Waals surface area contributed by atoms with E-state index in [1.807, 2.05) is 24.3 Å². The highest BCUT2D eigenvalue weighted by Gasteiger charge is 2.07. The third kappa shape index (κ3) is 2.36. The number of aromatic nitrogens is 1. The lowest BCUT2D eigenvalue weighted by Crippen LogP contribution is -2.00. The van der Waals surface area contributed by atoms with Crippen LogP contribution in [0.3, 0.4) is 0 Å². The molecule has 2 rings (SSSR count). The van der Waals surface area contributed by atoms with Gasteiger partial charge in [0.15, 0.2) is 0 Å². The highest BCUT2D eigenvalue weighted by molar-refractivity contribution is 5.90. The van der Waals surface area contributed by atoms with Gasteiger partial charge in [-0.15, -0.1) is 0 Å². The number of pyridine rings is 1. The third-order valence-corrected chi connectivity index (χ3v) is 2.64. The Morgan fingerprint density at radius 2 is 2.18 bits per heavy atom. The van der Waals surface area contributed by atoms with Gasteiger partial charge in [0.25, 0.3) is 0 Å². The van der Waals surface area contributed by atoms with Gasteiger partial charge in [0, 0.05) is 29.1 Å². The van der Waals surface area contributed by atoms with E-state index in [4.69, 9.17) is 9.84 Å². The summed E-state index contributed by atoms with van der Waals surface area (Å²) in [4.78, 5) is 14.8. The van der Waals surface area contributed by atoms with Crippen molar-refractivity contribution in [1.82, 2.24) is 4.98 Å². The molecule has 0 saturated heterocycles. The van der Waals surface area contributed by atoms with Crippen LogP contribution in [0.1, 0.15) is 12.1 Å². The maximum absolute atomic E-state index is 10.6. The lowest BCUT2D eigenvalue weighted by molar-refractivity contribution is -0.136. The molecule has 0 saturated carbocycles. The molecule has 0 aliphatic rings. The molecular formula is C13H13NO3. The quantitative estimate of drug-likeness (QED) is 0.876. The van der Waals surface area contributed by atoms with E-state index in [1.165, 1.54) is 0 Å². The standard InChI is InChI=1S/C13H13NO3/c1-17-12-4-2-3-9-10(12)7-8-14-11(9)5-6-13(15)16/h2-4,7-8H,5-6H2,1H3,(H,15,16). The molecule has 0 atom stereocenters. The second-order valence-electron chi connectivity index (χ2n) is 3.71. The highest BCUT2D eigenvalue weighted by atomic mass is 16.5. The van der Waals surface area contributed by atoms with Crippen LogP contribution < -0.4 is 4.74 Å². The van der Waals surface area contributed by atoms with Crippen molar-refractivity contribution in [3.63, 3.8) is 0 Å². The largest absolute Gasteiger partial charge is 0.496 e. The summed E-state index contributed by atoms with van der Waals surface area (Å²) >= 11 is 0. The number of nitrogens with zero attached hydrogens (tertiary/aromatic N) is 1. The molecule has 1 heterocycles. The number of carbonyl (C=O) groups is 1. The van der Waals surface area contributed by atoms with E-state index in [0.29, 0.717) is 6.42 Å². The van der Waals surface area contributed by atoms with Crippen LogP contribution in [-0.2, 0) is 11.2 Å². The number of fused-ring (bicyclic) bond motifs is 1. The van der Waals surface area contributed by atoms with Crippen LogP contribution in [0.4, 0.5) is 0 Å². The van der Waals surface area contributed by atoms with Gasteiger partial charge in [-0.1, -0.05) is 12.1 Å². The second kappa shape index (κ2) is 4.82. The molecule has 0 unspecified atom stereocenters. The van der Waals surface area contributed by atoms with E-state index in [1.54, 1.807) is 13.3 Å². The number of aliphatic carboxylic acids is 1. The molecule has 1 N–H and O–H groups in total. The van der Waals surface area contributed by atoms with Crippen molar-refractivity contribution >= 4 is 16.7 Å². The first-order valence-electron chi connectivity index (χ1n) is 5.35. The van der Waals surface area contributed by atoms with Crippen LogP contribution in [0.5, 0.6) is 5.75 Å². The Balaban J connectivity index is 2.46. The van der Waals surface area contributed by atoms with E-state index in [9.17, 15) is 4.79 Å². The molecule has 17 heavy (non-hydrogen) atoms. The van der Waals surface area contributed by atoms with Gasteiger partial charge in [0.1, 0.15) is 5.75 Å². The number of ether oxygens (including phenoxy) is 1. The Bertz CT molecular complexity index is 551. The van der Waals surface area contributed by atoms with Crippen molar-refractivity contribution in [3.05, 3.63) is 36.2 Å². The Labute approximate surface area is 98.9 Å². The first-order valence-corrected chi connectivity index (χ1v) is 5.35. The van der Waals surface area contributed by atoms with Crippen LogP contribution >= 0.6 is 0 Å². The molecule has 0 aliphatic carbocycles. The van der Waals surface area contributed by atoms with E-state index < -0.39 is 5.97 Å². The fraction of sp³-hybridized carbons (Fsp3) is 0.231. The first-order chi connectivity index (χ1) is 8.22. The lowest BCUT2D eigenvalue weighted by atomic mass is 10.1. The predicted octanol–water partition coefficient (Wildman–Crippen LogP) is 2.26. The molecular weight excluding hydrogens is 218 g/mol. The fourth-order valence-corrected chi connectivity index (χ4v) is 1.84. The Morgan fingerprint density at radius 3 is 2.88 bits per heavy atom. The third-order valence-electron chi connectivity index (χ3n) is 2.64. The normalized spacial score (nSPS) is 10.4. The summed E-state index contributed by atoms with van der Waals surface area (Å²) in [5.41, 5.74) is 0.795. The molecule has 0 bridgehead atoms. The molecule has 1 aromatic heterocycles. The Kier molecular flexibility index (Phi) is 3.23.